The molecule has 0 saturated heterocycles. The molecule has 0 saturated carbocycles. The van der Waals surface area contributed by atoms with Gasteiger partial charge in [-0.05, 0) is 51.1 Å². The van der Waals surface area contributed by atoms with Crippen LogP contribution in [-0.2, 0) is 11.2 Å². The number of nitrogens with zero attached hydrogens (tertiary/aromatic N) is 1. The molecule has 4 nitrogen and oxygen atoms in total. The number of ether oxygens (including phenoxy) is 1. The van der Waals surface area contributed by atoms with Crippen molar-refractivity contribution in [2.45, 2.75) is 25.9 Å². The minimum atomic E-state index is -0.391. The second kappa shape index (κ2) is 5.40. The van der Waals surface area contributed by atoms with Gasteiger partial charge >= 0.3 is 0 Å². The number of hydrogen-bond donors (Lipinski definition) is 1. The smallest absolute Gasteiger partial charge is 0.267 e. The number of carbonyl (C=O) groups excluding carboxylic acids is 1. The fourth-order valence-corrected chi connectivity index (χ4v) is 2.18. The molecule has 0 bridgehead atoms. The van der Waals surface area contributed by atoms with Crippen LogP contribution in [0.4, 0.5) is 5.69 Å². The van der Waals surface area contributed by atoms with E-state index in [1.165, 1.54) is 5.56 Å². The summed E-state index contributed by atoms with van der Waals surface area (Å²) < 4.78 is 5.59. The molecule has 0 spiro atoms. The monoisotopic (exact) mass is 248 g/mol. The molecule has 1 heterocycles. The molecule has 1 atom stereocenters. The fourth-order valence-electron chi connectivity index (χ4n) is 2.18. The molecule has 0 aromatic heterocycles. The molecule has 0 radical (unpaired) electrons. The summed E-state index contributed by atoms with van der Waals surface area (Å²) in [7, 11) is 3.76. The number of benzene rings is 1. The predicted octanol–water partition coefficient (Wildman–Crippen LogP) is 1.58. The fraction of sp³-hybridized carbons (Fsp3) is 0.500. The van der Waals surface area contributed by atoms with E-state index in [0.29, 0.717) is 0 Å². The van der Waals surface area contributed by atoms with Crippen molar-refractivity contribution in [1.82, 2.24) is 5.32 Å². The van der Waals surface area contributed by atoms with E-state index in [9.17, 15) is 4.79 Å². The maximum Gasteiger partial charge on any atom is 0.267 e. The third-order valence-electron chi connectivity index (χ3n) is 3.26. The number of aryl methyl sites for hydroxylation is 1. The number of hydrogen-bond acceptors (Lipinski definition) is 3. The first-order valence-electron chi connectivity index (χ1n) is 6.35. The van der Waals surface area contributed by atoms with Crippen LogP contribution in [0.1, 0.15) is 18.9 Å². The van der Waals surface area contributed by atoms with E-state index in [2.05, 4.69) is 17.4 Å². The maximum absolute atomic E-state index is 11.9. The lowest BCUT2D eigenvalue weighted by molar-refractivity contribution is -0.125. The summed E-state index contributed by atoms with van der Waals surface area (Å²) in [6.07, 6.45) is 1.70. The number of nitrogens with one attached hydrogen (secondary N) is 1. The van der Waals surface area contributed by atoms with Crippen molar-refractivity contribution in [3.8, 4) is 5.75 Å². The molecule has 98 valence electrons. The first kappa shape index (κ1) is 12.9. The molecule has 0 aliphatic carbocycles. The Labute approximate surface area is 108 Å². The lowest BCUT2D eigenvalue weighted by Crippen LogP contribution is -2.42. The summed E-state index contributed by atoms with van der Waals surface area (Å²) >= 11 is 0. The lowest BCUT2D eigenvalue weighted by atomic mass is 10.1. The summed E-state index contributed by atoms with van der Waals surface area (Å²) in [5, 5.41) is 3.13. The predicted molar refractivity (Wildman–Crippen MR) is 72.2 cm³/mol. The van der Waals surface area contributed by atoms with Gasteiger partial charge in [0.25, 0.3) is 5.91 Å². The van der Waals surface area contributed by atoms with Gasteiger partial charge in [0.1, 0.15) is 5.75 Å². The number of carbonyl (C=O) groups is 1. The first-order valence-corrected chi connectivity index (χ1v) is 6.35. The van der Waals surface area contributed by atoms with Crippen molar-refractivity contribution in [2.75, 3.05) is 25.5 Å². The normalized spacial score (nSPS) is 18.5. The Bertz CT molecular complexity index is 445. The highest BCUT2D eigenvalue weighted by Gasteiger charge is 2.28. The minimum absolute atomic E-state index is 0.00914. The number of rotatable bonds is 4. The van der Waals surface area contributed by atoms with Gasteiger partial charge in [-0.15, -0.1) is 0 Å². The maximum atomic E-state index is 11.9. The molecule has 1 aliphatic heterocycles. The molecular weight excluding hydrogens is 228 g/mol. The van der Waals surface area contributed by atoms with Crippen molar-refractivity contribution < 1.29 is 9.53 Å². The van der Waals surface area contributed by atoms with E-state index >= 15 is 0 Å². The van der Waals surface area contributed by atoms with Crippen molar-refractivity contribution >= 4 is 11.6 Å². The van der Waals surface area contributed by atoms with Crippen LogP contribution in [0.25, 0.3) is 0 Å². The minimum Gasteiger partial charge on any atom is -0.479 e. The van der Waals surface area contributed by atoms with Crippen LogP contribution in [0.15, 0.2) is 18.2 Å². The largest absolute Gasteiger partial charge is 0.479 e. The van der Waals surface area contributed by atoms with Crippen LogP contribution in [-0.4, -0.2) is 32.7 Å². The highest BCUT2D eigenvalue weighted by Crippen LogP contribution is 2.34. The van der Waals surface area contributed by atoms with E-state index in [1.54, 1.807) is 18.9 Å². The van der Waals surface area contributed by atoms with Gasteiger partial charge < -0.3 is 15.0 Å². The second-order valence-corrected chi connectivity index (χ2v) is 4.67. The Balaban J connectivity index is 2.18. The zero-order valence-electron chi connectivity index (χ0n) is 11.2. The molecule has 1 N–H and O–H groups in total. The Hall–Kier alpha value is -1.55. The van der Waals surface area contributed by atoms with Crippen molar-refractivity contribution in [2.24, 2.45) is 0 Å². The third kappa shape index (κ3) is 2.48. The van der Waals surface area contributed by atoms with E-state index in [1.807, 2.05) is 13.1 Å². The molecule has 18 heavy (non-hydrogen) atoms. The van der Waals surface area contributed by atoms with Crippen LogP contribution in [0.5, 0.6) is 5.75 Å². The zero-order chi connectivity index (χ0) is 13.1. The van der Waals surface area contributed by atoms with Crippen LogP contribution < -0.4 is 15.0 Å². The summed E-state index contributed by atoms with van der Waals surface area (Å²) in [4.78, 5) is 13.5. The van der Waals surface area contributed by atoms with Gasteiger partial charge in [0.15, 0.2) is 6.10 Å². The van der Waals surface area contributed by atoms with E-state index in [0.717, 1.165) is 30.8 Å². The van der Waals surface area contributed by atoms with E-state index in [4.69, 9.17) is 4.74 Å². The summed E-state index contributed by atoms with van der Waals surface area (Å²) in [5.41, 5.74) is 2.11. The van der Waals surface area contributed by atoms with Crippen molar-refractivity contribution in [3.05, 3.63) is 23.8 Å². The molecule has 1 amide bonds. The molecule has 0 fully saturated rings. The van der Waals surface area contributed by atoms with Gasteiger partial charge in [0.2, 0.25) is 0 Å². The van der Waals surface area contributed by atoms with Crippen molar-refractivity contribution in [1.29, 1.82) is 0 Å². The average molecular weight is 248 g/mol. The van der Waals surface area contributed by atoms with Crippen LogP contribution in [0, 0.1) is 0 Å². The van der Waals surface area contributed by atoms with Crippen LogP contribution in [0.2, 0.25) is 0 Å². The second-order valence-electron chi connectivity index (χ2n) is 4.67. The Kier molecular flexibility index (Phi) is 3.87. The molecular formula is C14H20N2O2. The van der Waals surface area contributed by atoms with Gasteiger partial charge in [-0.25, -0.2) is 0 Å². The number of fused-ring (bicyclic) bond motifs is 1. The Morgan fingerprint density at radius 2 is 2.22 bits per heavy atom. The average Bonchev–Trinajstić information content (AvgIpc) is 2.37. The van der Waals surface area contributed by atoms with Gasteiger partial charge in [-0.2, -0.15) is 0 Å². The molecule has 1 unspecified atom stereocenters. The summed E-state index contributed by atoms with van der Waals surface area (Å²) in [6, 6.07) is 6.09. The van der Waals surface area contributed by atoms with Gasteiger partial charge in [-0.1, -0.05) is 6.07 Å². The van der Waals surface area contributed by atoms with Crippen molar-refractivity contribution in [3.63, 3.8) is 0 Å². The third-order valence-corrected chi connectivity index (χ3v) is 3.26. The molecule has 1 aromatic rings. The van der Waals surface area contributed by atoms with Crippen LogP contribution in [0.3, 0.4) is 0 Å². The number of likely N-dealkylation sites (N-methyl/N-ethyl adjacent to an activating group) is 1. The molecule has 2 rings (SSSR count). The molecule has 4 heteroatoms. The standard InChI is InChI=1S/C14H20N2O2/c1-10-14(17)16(3)12-9-11(5-4-8-15-2)6-7-13(12)18-10/h6-7,9-10,15H,4-5,8H2,1-3H3. The van der Waals surface area contributed by atoms with Gasteiger partial charge in [0, 0.05) is 7.05 Å². The number of anilines is 1. The topological polar surface area (TPSA) is 41.6 Å². The quantitative estimate of drug-likeness (QED) is 0.823. The van der Waals surface area contributed by atoms with Gasteiger partial charge in [0.05, 0.1) is 5.69 Å². The number of amides is 1. The van der Waals surface area contributed by atoms with Crippen LogP contribution >= 0.6 is 0 Å². The van der Waals surface area contributed by atoms with E-state index in [-0.39, 0.29) is 5.91 Å². The molecule has 1 aliphatic rings. The van der Waals surface area contributed by atoms with E-state index < -0.39 is 6.10 Å². The Morgan fingerprint density at radius 3 is 2.94 bits per heavy atom. The summed E-state index contributed by atoms with van der Waals surface area (Å²) in [5.74, 6) is 0.803. The first-order chi connectivity index (χ1) is 8.63. The lowest BCUT2D eigenvalue weighted by Gasteiger charge is -2.30. The Morgan fingerprint density at radius 1 is 1.44 bits per heavy atom. The van der Waals surface area contributed by atoms with Gasteiger partial charge in [-0.3, -0.25) is 4.79 Å². The zero-order valence-corrected chi connectivity index (χ0v) is 11.2. The highest BCUT2D eigenvalue weighted by atomic mass is 16.5. The SMILES string of the molecule is CNCCCc1ccc2c(c1)N(C)C(=O)C(C)O2. The summed E-state index contributed by atoms with van der Waals surface area (Å²) in [6.45, 7) is 2.78. The molecule has 1 aromatic carbocycles. The highest BCUT2D eigenvalue weighted by molar-refractivity contribution is 5.99.